The van der Waals surface area contributed by atoms with E-state index in [0.29, 0.717) is 13.1 Å². The molecule has 0 aliphatic heterocycles. The first-order valence-corrected chi connectivity index (χ1v) is 5.25. The molecule has 0 radical (unpaired) electrons. The Morgan fingerprint density at radius 3 is 2.73 bits per heavy atom. The fraction of sp³-hybridized carbons (Fsp3) is 0.500. The van der Waals surface area contributed by atoms with Crippen LogP contribution in [0, 0.1) is 12.7 Å². The van der Waals surface area contributed by atoms with E-state index in [9.17, 15) is 4.39 Å². The molecule has 0 heterocycles. The van der Waals surface area contributed by atoms with Gasteiger partial charge in [0, 0.05) is 13.1 Å². The van der Waals surface area contributed by atoms with E-state index < -0.39 is 0 Å². The van der Waals surface area contributed by atoms with Gasteiger partial charge in [-0.2, -0.15) is 0 Å². The van der Waals surface area contributed by atoms with Gasteiger partial charge < -0.3 is 5.11 Å². The highest BCUT2D eigenvalue weighted by Crippen LogP contribution is 2.12. The number of likely N-dealkylation sites (N-methyl/N-ethyl adjacent to an activating group) is 1. The molecule has 1 aromatic carbocycles. The molecule has 0 fully saturated rings. The van der Waals surface area contributed by atoms with Crippen LogP contribution in [0.2, 0.25) is 0 Å². The monoisotopic (exact) mass is 211 g/mol. The second kappa shape index (κ2) is 5.83. The van der Waals surface area contributed by atoms with Gasteiger partial charge in [0.25, 0.3) is 0 Å². The Morgan fingerprint density at radius 2 is 2.13 bits per heavy atom. The highest BCUT2D eigenvalue weighted by Gasteiger charge is 2.06. The largest absolute Gasteiger partial charge is 0.395 e. The lowest BCUT2D eigenvalue weighted by molar-refractivity contribution is 0.196. The van der Waals surface area contributed by atoms with Crippen molar-refractivity contribution in [3.8, 4) is 0 Å². The minimum atomic E-state index is -0.198. The summed E-state index contributed by atoms with van der Waals surface area (Å²) in [6, 6.07) is 4.83. The summed E-state index contributed by atoms with van der Waals surface area (Å²) in [4.78, 5) is 2.09. The highest BCUT2D eigenvalue weighted by atomic mass is 19.1. The summed E-state index contributed by atoms with van der Waals surface area (Å²) >= 11 is 0. The van der Waals surface area contributed by atoms with Gasteiger partial charge in [0.15, 0.2) is 0 Å². The zero-order chi connectivity index (χ0) is 11.3. The third kappa shape index (κ3) is 3.61. The molecular formula is C12H18FNO. The van der Waals surface area contributed by atoms with Crippen molar-refractivity contribution in [2.45, 2.75) is 20.4 Å². The van der Waals surface area contributed by atoms with Crippen LogP contribution in [0.5, 0.6) is 0 Å². The standard InChI is InChI=1S/C12H18FNO/c1-3-14(6-7-15)9-11-8-12(13)5-4-10(11)2/h4-5,8,15H,3,6-7,9H2,1-2H3. The number of aliphatic hydroxyl groups is 1. The van der Waals surface area contributed by atoms with E-state index in [1.165, 1.54) is 6.07 Å². The Labute approximate surface area is 90.3 Å². The summed E-state index contributed by atoms with van der Waals surface area (Å²) in [5.41, 5.74) is 2.08. The highest BCUT2D eigenvalue weighted by molar-refractivity contribution is 5.26. The SMILES string of the molecule is CCN(CCO)Cc1cc(F)ccc1C. The Hall–Kier alpha value is -0.930. The maximum atomic E-state index is 13.0. The summed E-state index contributed by atoms with van der Waals surface area (Å²) in [5.74, 6) is -0.198. The van der Waals surface area contributed by atoms with E-state index in [2.05, 4.69) is 4.90 Å². The fourth-order valence-corrected chi connectivity index (χ4v) is 1.54. The van der Waals surface area contributed by atoms with Crippen LogP contribution in [0.4, 0.5) is 4.39 Å². The summed E-state index contributed by atoms with van der Waals surface area (Å²) in [6.07, 6.45) is 0. The third-order valence-corrected chi connectivity index (χ3v) is 2.57. The number of nitrogens with zero attached hydrogens (tertiary/aromatic N) is 1. The van der Waals surface area contributed by atoms with E-state index in [4.69, 9.17) is 5.11 Å². The zero-order valence-electron chi connectivity index (χ0n) is 9.33. The van der Waals surface area contributed by atoms with Crippen molar-refractivity contribution in [1.29, 1.82) is 0 Å². The molecule has 0 aromatic heterocycles. The van der Waals surface area contributed by atoms with Gasteiger partial charge in [-0.15, -0.1) is 0 Å². The Bertz CT molecular complexity index is 314. The molecule has 1 aromatic rings. The third-order valence-electron chi connectivity index (χ3n) is 2.57. The summed E-state index contributed by atoms with van der Waals surface area (Å²) in [7, 11) is 0. The van der Waals surface area contributed by atoms with Gasteiger partial charge in [-0.05, 0) is 36.7 Å². The van der Waals surface area contributed by atoms with Crippen LogP contribution in [0.1, 0.15) is 18.1 Å². The Morgan fingerprint density at radius 1 is 1.40 bits per heavy atom. The lowest BCUT2D eigenvalue weighted by Gasteiger charge is -2.20. The molecule has 2 nitrogen and oxygen atoms in total. The average molecular weight is 211 g/mol. The van der Waals surface area contributed by atoms with Crippen LogP contribution >= 0.6 is 0 Å². The molecule has 3 heteroatoms. The van der Waals surface area contributed by atoms with Crippen molar-refractivity contribution >= 4 is 0 Å². The van der Waals surface area contributed by atoms with Crippen LogP contribution in [0.3, 0.4) is 0 Å². The van der Waals surface area contributed by atoms with Gasteiger partial charge in [0.05, 0.1) is 6.61 Å². The lowest BCUT2D eigenvalue weighted by Crippen LogP contribution is -2.26. The van der Waals surface area contributed by atoms with Crippen molar-refractivity contribution in [2.75, 3.05) is 19.7 Å². The minimum Gasteiger partial charge on any atom is -0.395 e. The van der Waals surface area contributed by atoms with Crippen LogP contribution in [0.25, 0.3) is 0 Å². The first kappa shape index (κ1) is 12.1. The van der Waals surface area contributed by atoms with Gasteiger partial charge in [0.1, 0.15) is 5.82 Å². The molecule has 1 N–H and O–H groups in total. The van der Waals surface area contributed by atoms with Gasteiger partial charge >= 0.3 is 0 Å². The maximum absolute atomic E-state index is 13.0. The molecule has 0 bridgehead atoms. The second-order valence-electron chi connectivity index (χ2n) is 3.66. The number of benzene rings is 1. The molecule has 0 unspecified atom stereocenters. The second-order valence-corrected chi connectivity index (χ2v) is 3.66. The molecule has 0 aliphatic carbocycles. The molecule has 1 rings (SSSR count). The Kier molecular flexibility index (Phi) is 4.72. The molecule has 0 saturated heterocycles. The average Bonchev–Trinajstić information content (AvgIpc) is 2.22. The summed E-state index contributed by atoms with van der Waals surface area (Å²) in [5, 5.41) is 8.85. The van der Waals surface area contributed by atoms with E-state index in [1.807, 2.05) is 13.8 Å². The zero-order valence-corrected chi connectivity index (χ0v) is 9.33. The number of rotatable bonds is 5. The Balaban J connectivity index is 2.73. The first-order valence-electron chi connectivity index (χ1n) is 5.25. The predicted octanol–water partition coefficient (Wildman–Crippen LogP) is 1.95. The first-order chi connectivity index (χ1) is 7.17. The van der Waals surface area contributed by atoms with E-state index in [-0.39, 0.29) is 12.4 Å². The number of aryl methyl sites for hydroxylation is 1. The van der Waals surface area contributed by atoms with Crippen molar-refractivity contribution in [1.82, 2.24) is 4.90 Å². The molecular weight excluding hydrogens is 193 g/mol. The fourth-order valence-electron chi connectivity index (χ4n) is 1.54. The topological polar surface area (TPSA) is 23.5 Å². The predicted molar refractivity (Wildman–Crippen MR) is 59.2 cm³/mol. The molecule has 0 amide bonds. The maximum Gasteiger partial charge on any atom is 0.123 e. The molecule has 0 spiro atoms. The molecule has 0 atom stereocenters. The summed E-state index contributed by atoms with van der Waals surface area (Å²) < 4.78 is 13.0. The molecule has 0 saturated carbocycles. The number of hydrogen-bond acceptors (Lipinski definition) is 2. The number of hydrogen-bond donors (Lipinski definition) is 1. The van der Waals surface area contributed by atoms with Gasteiger partial charge in [0.2, 0.25) is 0 Å². The van der Waals surface area contributed by atoms with Crippen LogP contribution < -0.4 is 0 Å². The van der Waals surface area contributed by atoms with Crippen LogP contribution in [0.15, 0.2) is 18.2 Å². The van der Waals surface area contributed by atoms with Crippen molar-refractivity contribution in [3.63, 3.8) is 0 Å². The molecule has 0 aliphatic rings. The van der Waals surface area contributed by atoms with Gasteiger partial charge in [-0.1, -0.05) is 13.0 Å². The van der Waals surface area contributed by atoms with E-state index >= 15 is 0 Å². The van der Waals surface area contributed by atoms with Crippen LogP contribution in [-0.2, 0) is 6.54 Å². The van der Waals surface area contributed by atoms with Gasteiger partial charge in [-0.3, -0.25) is 4.90 Å². The molecule has 84 valence electrons. The minimum absolute atomic E-state index is 0.141. The summed E-state index contributed by atoms with van der Waals surface area (Å²) in [6.45, 7) is 6.33. The molecule has 15 heavy (non-hydrogen) atoms. The van der Waals surface area contributed by atoms with Crippen LogP contribution in [-0.4, -0.2) is 29.7 Å². The van der Waals surface area contributed by atoms with E-state index in [0.717, 1.165) is 17.7 Å². The quantitative estimate of drug-likeness (QED) is 0.804. The van der Waals surface area contributed by atoms with Crippen molar-refractivity contribution in [3.05, 3.63) is 35.1 Å². The normalized spacial score (nSPS) is 11.0. The smallest absolute Gasteiger partial charge is 0.123 e. The van der Waals surface area contributed by atoms with Crippen molar-refractivity contribution in [2.24, 2.45) is 0 Å². The van der Waals surface area contributed by atoms with E-state index in [1.54, 1.807) is 12.1 Å². The van der Waals surface area contributed by atoms with Crippen molar-refractivity contribution < 1.29 is 9.50 Å². The number of halogens is 1. The number of aliphatic hydroxyl groups excluding tert-OH is 1. The van der Waals surface area contributed by atoms with Gasteiger partial charge in [-0.25, -0.2) is 4.39 Å². The lowest BCUT2D eigenvalue weighted by atomic mass is 10.1.